The topological polar surface area (TPSA) is 56.8 Å². The standard InChI is InChI=1S/C25H32N4O2/c1-19(2)17-23(29-18-20-7-3-4-9-22(20)24(29)30)25(31)28-15-13-27(14-16-28)12-10-21-8-5-6-11-26-21/h3-9,11,19,23H,10,12-18H2,1-2H3. The lowest BCUT2D eigenvalue weighted by Gasteiger charge is -2.38. The third kappa shape index (κ3) is 4.96. The van der Waals surface area contributed by atoms with Crippen molar-refractivity contribution in [2.45, 2.75) is 39.3 Å². The van der Waals surface area contributed by atoms with Crippen LogP contribution in [0.15, 0.2) is 48.7 Å². The van der Waals surface area contributed by atoms with Crippen LogP contribution in [0.2, 0.25) is 0 Å². The summed E-state index contributed by atoms with van der Waals surface area (Å²) >= 11 is 0. The summed E-state index contributed by atoms with van der Waals surface area (Å²) in [6.07, 6.45) is 3.45. The minimum Gasteiger partial charge on any atom is -0.338 e. The molecule has 1 atom stereocenters. The van der Waals surface area contributed by atoms with E-state index in [-0.39, 0.29) is 17.9 Å². The largest absolute Gasteiger partial charge is 0.338 e. The van der Waals surface area contributed by atoms with Crippen LogP contribution in [0.5, 0.6) is 0 Å². The number of benzene rings is 1. The molecule has 3 heterocycles. The van der Waals surface area contributed by atoms with Gasteiger partial charge in [-0.1, -0.05) is 38.1 Å². The maximum absolute atomic E-state index is 13.5. The molecule has 2 amide bonds. The Balaban J connectivity index is 1.37. The minimum atomic E-state index is -0.389. The van der Waals surface area contributed by atoms with Crippen LogP contribution in [-0.2, 0) is 17.8 Å². The van der Waals surface area contributed by atoms with Gasteiger partial charge in [0.15, 0.2) is 0 Å². The summed E-state index contributed by atoms with van der Waals surface area (Å²) in [6.45, 7) is 8.86. The second-order valence-electron chi connectivity index (χ2n) is 8.97. The fourth-order valence-corrected chi connectivity index (χ4v) is 4.56. The second kappa shape index (κ2) is 9.60. The normalized spacial score (nSPS) is 17.8. The average molecular weight is 421 g/mol. The van der Waals surface area contributed by atoms with E-state index >= 15 is 0 Å². The van der Waals surface area contributed by atoms with Crippen LogP contribution in [0, 0.1) is 5.92 Å². The molecule has 0 aliphatic carbocycles. The zero-order chi connectivity index (χ0) is 21.8. The van der Waals surface area contributed by atoms with Crippen LogP contribution in [0.3, 0.4) is 0 Å². The summed E-state index contributed by atoms with van der Waals surface area (Å²) in [4.78, 5) is 37.1. The highest BCUT2D eigenvalue weighted by molar-refractivity contribution is 6.01. The van der Waals surface area contributed by atoms with Crippen molar-refractivity contribution >= 4 is 11.8 Å². The molecule has 0 N–H and O–H groups in total. The van der Waals surface area contributed by atoms with Crippen LogP contribution < -0.4 is 0 Å². The van der Waals surface area contributed by atoms with Crippen molar-refractivity contribution in [3.8, 4) is 0 Å². The van der Waals surface area contributed by atoms with Crippen molar-refractivity contribution in [2.24, 2.45) is 5.92 Å². The summed E-state index contributed by atoms with van der Waals surface area (Å²) in [5, 5.41) is 0. The number of carbonyl (C=O) groups is 2. The molecule has 4 rings (SSSR count). The van der Waals surface area contributed by atoms with Gasteiger partial charge in [0.25, 0.3) is 5.91 Å². The third-order valence-corrected chi connectivity index (χ3v) is 6.30. The van der Waals surface area contributed by atoms with E-state index in [9.17, 15) is 9.59 Å². The van der Waals surface area contributed by atoms with E-state index in [0.29, 0.717) is 32.0 Å². The zero-order valence-corrected chi connectivity index (χ0v) is 18.5. The molecule has 6 nitrogen and oxygen atoms in total. The lowest BCUT2D eigenvalue weighted by Crippen LogP contribution is -2.55. The van der Waals surface area contributed by atoms with E-state index in [1.165, 1.54) is 0 Å². The maximum atomic E-state index is 13.5. The Hall–Kier alpha value is -2.73. The molecule has 0 bridgehead atoms. The van der Waals surface area contributed by atoms with Crippen molar-refractivity contribution in [1.29, 1.82) is 0 Å². The first-order valence-electron chi connectivity index (χ1n) is 11.3. The SMILES string of the molecule is CC(C)CC(C(=O)N1CCN(CCc2ccccn2)CC1)N1Cc2ccccc2C1=O. The predicted octanol–water partition coefficient (Wildman–Crippen LogP) is 2.84. The van der Waals surface area contributed by atoms with Crippen molar-refractivity contribution < 1.29 is 9.59 Å². The molecule has 2 aliphatic rings. The van der Waals surface area contributed by atoms with Gasteiger partial charge < -0.3 is 9.80 Å². The van der Waals surface area contributed by atoms with Crippen LogP contribution >= 0.6 is 0 Å². The van der Waals surface area contributed by atoms with E-state index in [4.69, 9.17) is 0 Å². The molecule has 1 saturated heterocycles. The van der Waals surface area contributed by atoms with Gasteiger partial charge in [0.2, 0.25) is 5.91 Å². The molecule has 0 spiro atoms. The molecular formula is C25H32N4O2. The van der Waals surface area contributed by atoms with Crippen LogP contribution in [0.25, 0.3) is 0 Å². The molecular weight excluding hydrogens is 388 g/mol. The molecule has 1 aromatic heterocycles. The Morgan fingerprint density at radius 1 is 1.03 bits per heavy atom. The predicted molar refractivity (Wildman–Crippen MR) is 121 cm³/mol. The van der Waals surface area contributed by atoms with Gasteiger partial charge in [-0.2, -0.15) is 0 Å². The summed E-state index contributed by atoms with van der Waals surface area (Å²) in [6, 6.07) is 13.3. The van der Waals surface area contributed by atoms with E-state index < -0.39 is 0 Å². The van der Waals surface area contributed by atoms with Crippen molar-refractivity contribution in [3.05, 3.63) is 65.5 Å². The Morgan fingerprint density at radius 2 is 1.77 bits per heavy atom. The number of hydrogen-bond donors (Lipinski definition) is 0. The van der Waals surface area contributed by atoms with E-state index in [1.54, 1.807) is 4.90 Å². The molecule has 1 unspecified atom stereocenters. The number of amides is 2. The highest BCUT2D eigenvalue weighted by Crippen LogP contribution is 2.28. The quantitative estimate of drug-likeness (QED) is 0.691. The number of rotatable bonds is 7. The van der Waals surface area contributed by atoms with Crippen molar-refractivity contribution in [2.75, 3.05) is 32.7 Å². The smallest absolute Gasteiger partial charge is 0.255 e. The number of piperazine rings is 1. The molecule has 2 aliphatic heterocycles. The molecule has 1 aromatic carbocycles. The highest BCUT2D eigenvalue weighted by atomic mass is 16.2. The summed E-state index contributed by atoms with van der Waals surface area (Å²) < 4.78 is 0. The Bertz CT molecular complexity index is 907. The second-order valence-corrected chi connectivity index (χ2v) is 8.97. The first-order valence-corrected chi connectivity index (χ1v) is 11.3. The summed E-state index contributed by atoms with van der Waals surface area (Å²) in [7, 11) is 0. The first kappa shape index (κ1) is 21.5. The van der Waals surface area contributed by atoms with Gasteiger partial charge in [-0.15, -0.1) is 0 Å². The number of aromatic nitrogens is 1. The van der Waals surface area contributed by atoms with Gasteiger partial charge in [-0.25, -0.2) is 0 Å². The molecule has 6 heteroatoms. The van der Waals surface area contributed by atoms with Gasteiger partial charge >= 0.3 is 0 Å². The van der Waals surface area contributed by atoms with Gasteiger partial charge in [-0.3, -0.25) is 19.5 Å². The lowest BCUT2D eigenvalue weighted by molar-refractivity contribution is -0.138. The molecule has 0 radical (unpaired) electrons. The lowest BCUT2D eigenvalue weighted by atomic mass is 10.0. The Kier molecular flexibility index (Phi) is 6.66. The van der Waals surface area contributed by atoms with Crippen LogP contribution in [0.4, 0.5) is 0 Å². The molecule has 0 saturated carbocycles. The number of carbonyl (C=O) groups excluding carboxylic acids is 2. The highest BCUT2D eigenvalue weighted by Gasteiger charge is 2.38. The number of fused-ring (bicyclic) bond motifs is 1. The van der Waals surface area contributed by atoms with E-state index in [1.807, 2.05) is 47.5 Å². The van der Waals surface area contributed by atoms with Crippen LogP contribution in [-0.4, -0.2) is 70.3 Å². The average Bonchev–Trinajstić information content (AvgIpc) is 3.13. The van der Waals surface area contributed by atoms with Crippen molar-refractivity contribution in [1.82, 2.24) is 19.7 Å². The maximum Gasteiger partial charge on any atom is 0.255 e. The molecule has 2 aromatic rings. The Labute approximate surface area is 184 Å². The monoisotopic (exact) mass is 420 g/mol. The van der Waals surface area contributed by atoms with Crippen LogP contribution in [0.1, 0.15) is 41.9 Å². The molecule has 164 valence electrons. The van der Waals surface area contributed by atoms with Gasteiger partial charge in [0.05, 0.1) is 0 Å². The fourth-order valence-electron chi connectivity index (χ4n) is 4.56. The first-order chi connectivity index (χ1) is 15.0. The fraction of sp³-hybridized carbons (Fsp3) is 0.480. The summed E-state index contributed by atoms with van der Waals surface area (Å²) in [5.41, 5.74) is 2.86. The van der Waals surface area contributed by atoms with E-state index in [0.717, 1.165) is 42.9 Å². The van der Waals surface area contributed by atoms with Crippen molar-refractivity contribution in [3.63, 3.8) is 0 Å². The zero-order valence-electron chi connectivity index (χ0n) is 18.5. The molecule has 31 heavy (non-hydrogen) atoms. The van der Waals surface area contributed by atoms with Gasteiger partial charge in [0.1, 0.15) is 6.04 Å². The van der Waals surface area contributed by atoms with E-state index in [2.05, 4.69) is 29.8 Å². The van der Waals surface area contributed by atoms with Gasteiger partial charge in [0, 0.05) is 63.1 Å². The Morgan fingerprint density at radius 3 is 2.45 bits per heavy atom. The number of nitrogens with zero attached hydrogens (tertiary/aromatic N) is 4. The third-order valence-electron chi connectivity index (χ3n) is 6.30. The summed E-state index contributed by atoms with van der Waals surface area (Å²) in [5.74, 6) is 0.424. The number of pyridine rings is 1. The minimum absolute atomic E-state index is 0.0106. The van der Waals surface area contributed by atoms with Gasteiger partial charge in [-0.05, 0) is 36.1 Å². The number of hydrogen-bond acceptors (Lipinski definition) is 4. The molecule has 1 fully saturated rings.